The van der Waals surface area contributed by atoms with Crippen LogP contribution in [0, 0.1) is 6.92 Å². The Hall–Kier alpha value is -1.72. The molecule has 2 heterocycles. The van der Waals surface area contributed by atoms with Crippen LogP contribution in [-0.2, 0) is 6.61 Å². The zero-order chi connectivity index (χ0) is 11.8. The van der Waals surface area contributed by atoms with Crippen LogP contribution in [-0.4, -0.2) is 15.1 Å². The molecule has 1 aromatic carbocycles. The van der Waals surface area contributed by atoms with Crippen molar-refractivity contribution in [2.75, 3.05) is 0 Å². The molecule has 0 saturated heterocycles. The maximum absolute atomic E-state index is 8.99. The molecule has 0 spiro atoms. The second-order valence-electron chi connectivity index (χ2n) is 3.70. The Morgan fingerprint density at radius 2 is 2.24 bits per heavy atom. The van der Waals surface area contributed by atoms with Gasteiger partial charge in [0.25, 0.3) is 0 Å². The predicted octanol–water partition coefficient (Wildman–Crippen LogP) is 2.75. The minimum Gasteiger partial charge on any atom is -0.441 e. The van der Waals surface area contributed by atoms with E-state index >= 15 is 0 Å². The quantitative estimate of drug-likeness (QED) is 0.755. The highest BCUT2D eigenvalue weighted by molar-refractivity contribution is 7.09. The fourth-order valence-corrected chi connectivity index (χ4v) is 2.38. The van der Waals surface area contributed by atoms with Crippen LogP contribution in [0.2, 0.25) is 0 Å². The lowest BCUT2D eigenvalue weighted by atomic mass is 10.1. The van der Waals surface area contributed by atoms with Crippen molar-refractivity contribution in [2.45, 2.75) is 13.5 Å². The van der Waals surface area contributed by atoms with Crippen LogP contribution in [0.4, 0.5) is 0 Å². The molecule has 0 bridgehead atoms. The predicted molar refractivity (Wildman–Crippen MR) is 65.8 cm³/mol. The summed E-state index contributed by atoms with van der Waals surface area (Å²) < 4.78 is 5.42. The van der Waals surface area contributed by atoms with Gasteiger partial charge in [-0.2, -0.15) is 0 Å². The molecule has 0 radical (unpaired) electrons. The third-order valence-corrected chi connectivity index (χ3v) is 3.31. The Bertz CT molecular complexity index is 672. The van der Waals surface area contributed by atoms with Crippen LogP contribution in [0.25, 0.3) is 22.4 Å². The molecule has 86 valence electrons. The number of rotatable bonds is 2. The van der Waals surface area contributed by atoms with Crippen LogP contribution in [0.3, 0.4) is 0 Å². The first-order chi connectivity index (χ1) is 8.26. The Morgan fingerprint density at radius 3 is 3.00 bits per heavy atom. The van der Waals surface area contributed by atoms with Crippen LogP contribution >= 0.6 is 11.3 Å². The third-order valence-electron chi connectivity index (χ3n) is 2.48. The molecular weight excluding hydrogens is 236 g/mol. The fraction of sp³-hybridized carbons (Fsp3) is 0.167. The molecule has 4 nitrogen and oxygen atoms in total. The number of aryl methyl sites for hydroxylation is 1. The van der Waals surface area contributed by atoms with Crippen molar-refractivity contribution in [2.24, 2.45) is 0 Å². The number of hydrogen-bond acceptors (Lipinski definition) is 5. The molecule has 0 amide bonds. The molecule has 0 saturated carbocycles. The van der Waals surface area contributed by atoms with Gasteiger partial charge in [0, 0.05) is 17.9 Å². The summed E-state index contributed by atoms with van der Waals surface area (Å²) >= 11 is 1.45. The van der Waals surface area contributed by atoms with Crippen molar-refractivity contribution >= 4 is 22.4 Å². The monoisotopic (exact) mass is 246 g/mol. The largest absolute Gasteiger partial charge is 0.441 e. The average Bonchev–Trinajstić information content (AvgIpc) is 2.92. The van der Waals surface area contributed by atoms with E-state index in [1.807, 2.05) is 30.5 Å². The first-order valence-corrected chi connectivity index (χ1v) is 6.07. The minimum atomic E-state index is -0.0179. The van der Waals surface area contributed by atoms with Crippen LogP contribution in [0.5, 0.6) is 0 Å². The molecule has 5 heteroatoms. The second-order valence-corrected chi connectivity index (χ2v) is 4.64. The number of nitrogens with zero attached hydrogens (tertiary/aromatic N) is 2. The van der Waals surface area contributed by atoms with Gasteiger partial charge in [-0.05, 0) is 18.2 Å². The molecule has 0 fully saturated rings. The molecular formula is C12H10N2O2S. The number of thiazole rings is 1. The highest BCUT2D eigenvalue weighted by Gasteiger charge is 2.07. The summed E-state index contributed by atoms with van der Waals surface area (Å²) in [4.78, 5) is 8.61. The molecule has 2 aromatic heterocycles. The van der Waals surface area contributed by atoms with Crippen molar-refractivity contribution in [3.8, 4) is 11.3 Å². The van der Waals surface area contributed by atoms with Gasteiger partial charge in [-0.3, -0.25) is 0 Å². The van der Waals surface area contributed by atoms with Gasteiger partial charge in [-0.25, -0.2) is 9.97 Å². The maximum atomic E-state index is 8.99. The summed E-state index contributed by atoms with van der Waals surface area (Å²) in [6, 6.07) is 5.79. The normalized spacial score (nSPS) is 11.2. The first kappa shape index (κ1) is 10.4. The van der Waals surface area contributed by atoms with Gasteiger partial charge < -0.3 is 9.52 Å². The molecule has 3 rings (SSSR count). The smallest absolute Gasteiger partial charge is 0.192 e. The number of aliphatic hydroxyl groups is 1. The van der Waals surface area contributed by atoms with Crippen molar-refractivity contribution in [3.63, 3.8) is 0 Å². The molecule has 3 aromatic rings. The lowest BCUT2D eigenvalue weighted by molar-refractivity contribution is 0.281. The van der Waals surface area contributed by atoms with Crippen molar-refractivity contribution < 1.29 is 9.52 Å². The van der Waals surface area contributed by atoms with E-state index in [4.69, 9.17) is 9.52 Å². The van der Waals surface area contributed by atoms with E-state index in [0.29, 0.717) is 5.89 Å². The van der Waals surface area contributed by atoms with Crippen LogP contribution in [0.15, 0.2) is 28.0 Å². The molecule has 0 aliphatic rings. The standard InChI is InChI=1S/C12H10N2O2S/c1-7-13-9-4-8(2-3-11(9)16-7)10-6-17-12(5-15)14-10/h2-4,6,15H,5H2,1H3. The molecule has 0 atom stereocenters. The number of aliphatic hydroxyl groups excluding tert-OH is 1. The Kier molecular flexibility index (Phi) is 2.42. The summed E-state index contributed by atoms with van der Waals surface area (Å²) in [5.74, 6) is 0.659. The fourth-order valence-electron chi connectivity index (χ4n) is 1.72. The van der Waals surface area contributed by atoms with E-state index in [1.54, 1.807) is 0 Å². The zero-order valence-corrected chi connectivity index (χ0v) is 9.99. The summed E-state index contributed by atoms with van der Waals surface area (Å²) in [5.41, 5.74) is 3.46. The third kappa shape index (κ3) is 1.83. The summed E-state index contributed by atoms with van der Waals surface area (Å²) in [7, 11) is 0. The summed E-state index contributed by atoms with van der Waals surface area (Å²) in [5, 5.41) is 11.6. The Labute approximate surface area is 102 Å². The minimum absolute atomic E-state index is 0.0179. The van der Waals surface area contributed by atoms with E-state index < -0.39 is 0 Å². The first-order valence-electron chi connectivity index (χ1n) is 5.19. The number of hydrogen-bond donors (Lipinski definition) is 1. The van der Waals surface area contributed by atoms with Gasteiger partial charge in [-0.1, -0.05) is 0 Å². The lowest BCUT2D eigenvalue weighted by Gasteiger charge is -1.95. The molecule has 1 N–H and O–H groups in total. The van der Waals surface area contributed by atoms with Crippen molar-refractivity contribution in [3.05, 3.63) is 34.5 Å². The highest BCUT2D eigenvalue weighted by Crippen LogP contribution is 2.25. The van der Waals surface area contributed by atoms with Gasteiger partial charge in [-0.15, -0.1) is 11.3 Å². The molecule has 0 unspecified atom stereocenters. The Morgan fingerprint density at radius 1 is 1.35 bits per heavy atom. The van der Waals surface area contributed by atoms with E-state index in [9.17, 15) is 0 Å². The van der Waals surface area contributed by atoms with Crippen LogP contribution in [0.1, 0.15) is 10.9 Å². The highest BCUT2D eigenvalue weighted by atomic mass is 32.1. The Balaban J connectivity index is 2.10. The van der Waals surface area contributed by atoms with E-state index in [1.165, 1.54) is 11.3 Å². The summed E-state index contributed by atoms with van der Waals surface area (Å²) in [6.45, 7) is 1.81. The second kappa shape index (κ2) is 3.94. The summed E-state index contributed by atoms with van der Waals surface area (Å²) in [6.07, 6.45) is 0. The van der Waals surface area contributed by atoms with Crippen molar-refractivity contribution in [1.82, 2.24) is 9.97 Å². The van der Waals surface area contributed by atoms with E-state index in [2.05, 4.69) is 9.97 Å². The molecule has 0 aliphatic carbocycles. The van der Waals surface area contributed by atoms with Gasteiger partial charge in [0.2, 0.25) is 0 Å². The van der Waals surface area contributed by atoms with E-state index in [-0.39, 0.29) is 6.61 Å². The molecule has 17 heavy (non-hydrogen) atoms. The maximum Gasteiger partial charge on any atom is 0.192 e. The number of benzene rings is 1. The SMILES string of the molecule is Cc1nc2cc(-c3csc(CO)n3)ccc2o1. The topological polar surface area (TPSA) is 59.2 Å². The van der Waals surface area contributed by atoms with Gasteiger partial charge in [0.15, 0.2) is 11.5 Å². The lowest BCUT2D eigenvalue weighted by Crippen LogP contribution is -1.82. The number of oxazole rings is 1. The van der Waals surface area contributed by atoms with Crippen molar-refractivity contribution in [1.29, 1.82) is 0 Å². The number of aromatic nitrogens is 2. The average molecular weight is 246 g/mol. The van der Waals surface area contributed by atoms with Gasteiger partial charge in [0.1, 0.15) is 10.5 Å². The molecule has 0 aliphatic heterocycles. The van der Waals surface area contributed by atoms with E-state index in [0.717, 1.165) is 27.4 Å². The van der Waals surface area contributed by atoms with Gasteiger partial charge in [0.05, 0.1) is 12.3 Å². The zero-order valence-electron chi connectivity index (χ0n) is 9.17. The number of fused-ring (bicyclic) bond motifs is 1. The van der Waals surface area contributed by atoms with Crippen LogP contribution < -0.4 is 0 Å². The van der Waals surface area contributed by atoms with Gasteiger partial charge >= 0.3 is 0 Å².